The Kier molecular flexibility index (Phi) is 6.40. The van der Waals surface area contributed by atoms with Gasteiger partial charge in [-0.3, -0.25) is 19.9 Å². The first-order valence-corrected chi connectivity index (χ1v) is 11.7. The summed E-state index contributed by atoms with van der Waals surface area (Å²) in [6.45, 7) is 8.26. The Morgan fingerprint density at radius 1 is 1.16 bits per heavy atom. The van der Waals surface area contributed by atoms with E-state index in [1.807, 2.05) is 13.0 Å². The number of benzene rings is 1. The van der Waals surface area contributed by atoms with E-state index in [-0.39, 0.29) is 19.6 Å². The standard InChI is InChI=1S/C20H29N5O5S/c1-5-20(4)18(27)25(19(28)21-20)22-17(26)13-23-8-10-24(11-9-23)31(29,30)16-7-6-14(2)12-15(16)3/h6-7,12H,5,8-11,13H2,1-4H3,(H,21,28)(H,22,26). The number of hydrazine groups is 1. The second-order valence-electron chi connectivity index (χ2n) is 8.24. The number of nitrogens with one attached hydrogen (secondary N) is 2. The molecule has 2 aliphatic rings. The summed E-state index contributed by atoms with van der Waals surface area (Å²) >= 11 is 0. The van der Waals surface area contributed by atoms with Gasteiger partial charge in [0.25, 0.3) is 11.8 Å². The van der Waals surface area contributed by atoms with Gasteiger partial charge in [-0.05, 0) is 38.8 Å². The van der Waals surface area contributed by atoms with E-state index in [0.29, 0.717) is 35.0 Å². The number of nitrogens with zero attached hydrogens (tertiary/aromatic N) is 3. The Morgan fingerprint density at radius 2 is 1.81 bits per heavy atom. The molecular weight excluding hydrogens is 422 g/mol. The molecule has 170 valence electrons. The third-order valence-corrected chi connectivity index (χ3v) is 7.91. The van der Waals surface area contributed by atoms with E-state index in [2.05, 4.69) is 10.7 Å². The van der Waals surface area contributed by atoms with Crippen LogP contribution in [-0.2, 0) is 19.6 Å². The van der Waals surface area contributed by atoms with Gasteiger partial charge in [0.15, 0.2) is 0 Å². The lowest BCUT2D eigenvalue weighted by atomic mass is 10.00. The topological polar surface area (TPSA) is 119 Å². The van der Waals surface area contributed by atoms with Crippen LogP contribution in [0.5, 0.6) is 0 Å². The first-order valence-electron chi connectivity index (χ1n) is 10.2. The number of aryl methyl sites for hydroxylation is 2. The fourth-order valence-corrected chi connectivity index (χ4v) is 5.37. The molecule has 2 N–H and O–H groups in total. The minimum atomic E-state index is -3.61. The molecule has 11 heteroatoms. The average molecular weight is 452 g/mol. The molecule has 10 nitrogen and oxygen atoms in total. The number of piperazine rings is 1. The molecule has 1 aromatic carbocycles. The molecule has 2 saturated heterocycles. The number of carbonyl (C=O) groups excluding carboxylic acids is 3. The van der Waals surface area contributed by atoms with Crippen molar-refractivity contribution < 1.29 is 22.8 Å². The van der Waals surface area contributed by atoms with Crippen LogP contribution in [0, 0.1) is 13.8 Å². The summed E-state index contributed by atoms with van der Waals surface area (Å²) in [5, 5.41) is 3.29. The molecule has 2 fully saturated rings. The maximum atomic E-state index is 13.0. The van der Waals surface area contributed by atoms with Crippen molar-refractivity contribution >= 4 is 27.9 Å². The van der Waals surface area contributed by atoms with Gasteiger partial charge in [-0.25, -0.2) is 13.2 Å². The van der Waals surface area contributed by atoms with Crippen molar-refractivity contribution in [3.8, 4) is 0 Å². The summed E-state index contributed by atoms with van der Waals surface area (Å²) in [6, 6.07) is 4.58. The van der Waals surface area contributed by atoms with E-state index in [9.17, 15) is 22.8 Å². The van der Waals surface area contributed by atoms with Gasteiger partial charge < -0.3 is 5.32 Å². The molecule has 0 aliphatic carbocycles. The summed E-state index contributed by atoms with van der Waals surface area (Å²) in [5.74, 6) is -1.01. The monoisotopic (exact) mass is 451 g/mol. The van der Waals surface area contributed by atoms with Crippen LogP contribution in [0.15, 0.2) is 23.1 Å². The number of sulfonamides is 1. The molecular formula is C20H29N5O5S. The Hall–Kier alpha value is -2.50. The largest absolute Gasteiger partial charge is 0.344 e. The highest BCUT2D eigenvalue weighted by atomic mass is 32.2. The maximum Gasteiger partial charge on any atom is 0.344 e. The van der Waals surface area contributed by atoms with Gasteiger partial charge in [0.2, 0.25) is 10.0 Å². The van der Waals surface area contributed by atoms with Gasteiger partial charge in [0.05, 0.1) is 11.4 Å². The fourth-order valence-electron chi connectivity index (χ4n) is 3.74. The second-order valence-corrected chi connectivity index (χ2v) is 10.1. The first-order chi connectivity index (χ1) is 14.5. The maximum absolute atomic E-state index is 13.0. The highest BCUT2D eigenvalue weighted by Gasteiger charge is 2.47. The number of amides is 4. The van der Waals surface area contributed by atoms with Crippen LogP contribution in [0.25, 0.3) is 0 Å². The highest BCUT2D eigenvalue weighted by molar-refractivity contribution is 7.89. The van der Waals surface area contributed by atoms with E-state index < -0.39 is 33.4 Å². The number of imide groups is 1. The predicted octanol–water partition coefficient (Wildman–Crippen LogP) is 0.361. The molecule has 2 aliphatic heterocycles. The van der Waals surface area contributed by atoms with Crippen LogP contribution in [-0.4, -0.2) is 78.7 Å². The molecule has 0 aromatic heterocycles. The zero-order valence-electron chi connectivity index (χ0n) is 18.3. The van der Waals surface area contributed by atoms with E-state index in [4.69, 9.17) is 0 Å². The molecule has 1 unspecified atom stereocenters. The second kappa shape index (κ2) is 8.56. The Bertz CT molecular complexity index is 1000. The number of hydrogen-bond donors (Lipinski definition) is 2. The van der Waals surface area contributed by atoms with Crippen LogP contribution in [0.2, 0.25) is 0 Å². The van der Waals surface area contributed by atoms with Crippen molar-refractivity contribution in [1.29, 1.82) is 0 Å². The zero-order valence-corrected chi connectivity index (χ0v) is 19.1. The highest BCUT2D eigenvalue weighted by Crippen LogP contribution is 2.22. The van der Waals surface area contributed by atoms with Gasteiger partial charge in [-0.15, -0.1) is 0 Å². The summed E-state index contributed by atoms with van der Waals surface area (Å²) in [7, 11) is -3.61. The molecule has 4 amide bonds. The van der Waals surface area contributed by atoms with Gasteiger partial charge in [0.1, 0.15) is 5.54 Å². The van der Waals surface area contributed by atoms with Gasteiger partial charge in [-0.1, -0.05) is 24.6 Å². The Balaban J connectivity index is 1.56. The van der Waals surface area contributed by atoms with E-state index >= 15 is 0 Å². The van der Waals surface area contributed by atoms with Crippen LogP contribution in [0.3, 0.4) is 0 Å². The molecule has 1 atom stereocenters. The van der Waals surface area contributed by atoms with E-state index in [1.54, 1.807) is 37.8 Å². The van der Waals surface area contributed by atoms with E-state index in [1.165, 1.54) is 4.31 Å². The summed E-state index contributed by atoms with van der Waals surface area (Å²) in [4.78, 5) is 38.9. The fraction of sp³-hybridized carbons (Fsp3) is 0.550. The lowest BCUT2D eigenvalue weighted by molar-refractivity contribution is -0.139. The van der Waals surface area contributed by atoms with Gasteiger partial charge in [0, 0.05) is 26.2 Å². The van der Waals surface area contributed by atoms with Crippen LogP contribution in [0.1, 0.15) is 31.4 Å². The number of urea groups is 1. The minimum Gasteiger partial charge on any atom is -0.322 e. The molecule has 0 saturated carbocycles. The molecule has 2 heterocycles. The molecule has 3 rings (SSSR count). The Labute approximate surface area is 182 Å². The SMILES string of the molecule is CCC1(C)NC(=O)N(NC(=O)CN2CCN(S(=O)(=O)c3ccc(C)cc3C)CC2)C1=O. The molecule has 0 radical (unpaired) electrons. The van der Waals surface area contributed by atoms with Gasteiger partial charge in [-0.2, -0.15) is 9.31 Å². The van der Waals surface area contributed by atoms with Crippen molar-refractivity contribution in [2.75, 3.05) is 32.7 Å². The van der Waals surface area contributed by atoms with Crippen molar-refractivity contribution in [1.82, 2.24) is 25.0 Å². The molecule has 31 heavy (non-hydrogen) atoms. The van der Waals surface area contributed by atoms with Crippen molar-refractivity contribution in [3.63, 3.8) is 0 Å². The minimum absolute atomic E-state index is 0.0443. The number of carbonyl (C=O) groups is 3. The number of hydrogen-bond acceptors (Lipinski definition) is 6. The third-order valence-electron chi connectivity index (χ3n) is 5.85. The van der Waals surface area contributed by atoms with Crippen molar-refractivity contribution in [3.05, 3.63) is 29.3 Å². The lowest BCUT2D eigenvalue weighted by Crippen LogP contribution is -2.54. The molecule has 1 aromatic rings. The zero-order chi connectivity index (χ0) is 23.0. The summed E-state index contributed by atoms with van der Waals surface area (Å²) in [5.41, 5.74) is 3.03. The quantitative estimate of drug-likeness (QED) is 0.603. The first kappa shape index (κ1) is 23.2. The smallest absolute Gasteiger partial charge is 0.322 e. The third kappa shape index (κ3) is 4.58. The summed E-state index contributed by atoms with van der Waals surface area (Å²) < 4.78 is 27.4. The molecule has 0 spiro atoms. The average Bonchev–Trinajstić information content (AvgIpc) is 2.91. The lowest BCUT2D eigenvalue weighted by Gasteiger charge is -2.34. The Morgan fingerprint density at radius 3 is 2.35 bits per heavy atom. The van der Waals surface area contributed by atoms with E-state index in [0.717, 1.165) is 5.56 Å². The number of rotatable bonds is 6. The van der Waals surface area contributed by atoms with Crippen molar-refractivity contribution in [2.45, 2.75) is 44.6 Å². The van der Waals surface area contributed by atoms with Crippen molar-refractivity contribution in [2.24, 2.45) is 0 Å². The van der Waals surface area contributed by atoms with Gasteiger partial charge >= 0.3 is 6.03 Å². The summed E-state index contributed by atoms with van der Waals surface area (Å²) in [6.07, 6.45) is 0.404. The predicted molar refractivity (Wildman–Crippen MR) is 113 cm³/mol. The van der Waals surface area contributed by atoms with Crippen LogP contribution < -0.4 is 10.7 Å². The van der Waals surface area contributed by atoms with Crippen LogP contribution in [0.4, 0.5) is 4.79 Å². The normalized spacial score (nSPS) is 23.2. The molecule has 0 bridgehead atoms. The van der Waals surface area contributed by atoms with Crippen LogP contribution >= 0.6 is 0 Å².